The van der Waals surface area contributed by atoms with Crippen LogP contribution in [0, 0.1) is 0 Å². The fourth-order valence-corrected chi connectivity index (χ4v) is 3.31. The van der Waals surface area contributed by atoms with E-state index < -0.39 is 0 Å². The molecule has 20 heavy (non-hydrogen) atoms. The molecule has 1 fully saturated rings. The van der Waals surface area contributed by atoms with Crippen LogP contribution in [0.2, 0.25) is 0 Å². The molecule has 104 valence electrons. The molecule has 0 aliphatic carbocycles. The van der Waals surface area contributed by atoms with Gasteiger partial charge in [0.15, 0.2) is 0 Å². The zero-order chi connectivity index (χ0) is 13.8. The van der Waals surface area contributed by atoms with Crippen LogP contribution in [0.5, 0.6) is 0 Å². The Morgan fingerprint density at radius 1 is 0.950 bits per heavy atom. The van der Waals surface area contributed by atoms with Gasteiger partial charge in [0.05, 0.1) is 12.1 Å². The molecule has 2 aromatic carbocycles. The van der Waals surface area contributed by atoms with Crippen molar-refractivity contribution in [2.75, 3.05) is 6.61 Å². The van der Waals surface area contributed by atoms with Crippen molar-refractivity contribution in [1.29, 1.82) is 0 Å². The van der Waals surface area contributed by atoms with Gasteiger partial charge in [0.1, 0.15) is 0 Å². The van der Waals surface area contributed by atoms with Crippen LogP contribution < -0.4 is 5.32 Å². The van der Waals surface area contributed by atoms with Gasteiger partial charge in [-0.1, -0.05) is 60.7 Å². The molecule has 2 heteroatoms. The Balaban J connectivity index is 2.08. The molecule has 1 atom stereocenters. The average molecular weight is 267 g/mol. The third-order valence-corrected chi connectivity index (χ3v) is 4.31. The van der Waals surface area contributed by atoms with Crippen LogP contribution in [-0.4, -0.2) is 17.8 Å². The van der Waals surface area contributed by atoms with E-state index in [9.17, 15) is 5.11 Å². The van der Waals surface area contributed by atoms with E-state index in [1.165, 1.54) is 11.1 Å². The summed E-state index contributed by atoms with van der Waals surface area (Å²) in [6, 6.07) is 21.3. The molecule has 0 saturated carbocycles. The Morgan fingerprint density at radius 3 is 2.00 bits per heavy atom. The van der Waals surface area contributed by atoms with Crippen LogP contribution in [0.15, 0.2) is 60.7 Å². The average Bonchev–Trinajstić information content (AvgIpc) is 2.56. The molecule has 0 amide bonds. The molecule has 0 aromatic heterocycles. The molecule has 2 N–H and O–H groups in total. The monoisotopic (exact) mass is 267 g/mol. The molecular weight excluding hydrogens is 246 g/mol. The van der Waals surface area contributed by atoms with Crippen molar-refractivity contribution in [1.82, 2.24) is 5.32 Å². The molecule has 0 bridgehead atoms. The maximum Gasteiger partial charge on any atom is 0.0693 e. The van der Waals surface area contributed by atoms with Gasteiger partial charge in [-0.2, -0.15) is 0 Å². The lowest BCUT2D eigenvalue weighted by molar-refractivity contribution is 0.167. The lowest BCUT2D eigenvalue weighted by Crippen LogP contribution is -2.53. The van der Waals surface area contributed by atoms with Gasteiger partial charge in [0.2, 0.25) is 0 Å². The summed E-state index contributed by atoms with van der Waals surface area (Å²) < 4.78 is 0. The lowest BCUT2D eigenvalue weighted by Gasteiger charge is -2.43. The SMILES string of the molecule is OCC1CCCC(c2ccccc2)(c2ccccc2)N1. The predicted octanol–water partition coefficient (Wildman–Crippen LogP) is 3.06. The summed E-state index contributed by atoms with van der Waals surface area (Å²) in [6.45, 7) is 0.196. The second-order valence-electron chi connectivity index (χ2n) is 5.55. The summed E-state index contributed by atoms with van der Waals surface area (Å²) in [6.07, 6.45) is 3.23. The zero-order valence-corrected chi connectivity index (χ0v) is 11.6. The third-order valence-electron chi connectivity index (χ3n) is 4.31. The number of rotatable bonds is 3. The second-order valence-corrected chi connectivity index (χ2v) is 5.55. The molecule has 1 aliphatic rings. The molecule has 1 heterocycles. The maximum atomic E-state index is 9.55. The quantitative estimate of drug-likeness (QED) is 0.896. The molecular formula is C18H21NO. The summed E-state index contributed by atoms with van der Waals surface area (Å²) in [7, 11) is 0. The molecule has 1 unspecified atom stereocenters. The minimum Gasteiger partial charge on any atom is -0.395 e. The van der Waals surface area contributed by atoms with Crippen LogP contribution in [0.4, 0.5) is 0 Å². The first kappa shape index (κ1) is 13.3. The van der Waals surface area contributed by atoms with Gasteiger partial charge >= 0.3 is 0 Å². The topological polar surface area (TPSA) is 32.3 Å². The van der Waals surface area contributed by atoms with Crippen molar-refractivity contribution in [3.63, 3.8) is 0 Å². The fourth-order valence-electron chi connectivity index (χ4n) is 3.31. The van der Waals surface area contributed by atoms with Crippen molar-refractivity contribution in [3.05, 3.63) is 71.8 Å². The van der Waals surface area contributed by atoms with Gasteiger partial charge in [-0.3, -0.25) is 5.32 Å². The highest BCUT2D eigenvalue weighted by Gasteiger charge is 2.38. The Kier molecular flexibility index (Phi) is 3.86. The van der Waals surface area contributed by atoms with Gasteiger partial charge in [-0.15, -0.1) is 0 Å². The first-order valence-corrected chi connectivity index (χ1v) is 7.35. The molecule has 0 spiro atoms. The number of hydrogen-bond acceptors (Lipinski definition) is 2. The maximum absolute atomic E-state index is 9.55. The van der Waals surface area contributed by atoms with Gasteiger partial charge in [0.25, 0.3) is 0 Å². The first-order valence-electron chi connectivity index (χ1n) is 7.35. The van der Waals surface area contributed by atoms with Gasteiger partial charge in [-0.25, -0.2) is 0 Å². The number of hydrogen-bond donors (Lipinski definition) is 2. The number of aliphatic hydroxyl groups excluding tert-OH is 1. The minimum atomic E-state index is -0.172. The van der Waals surface area contributed by atoms with Crippen LogP contribution >= 0.6 is 0 Å². The van der Waals surface area contributed by atoms with E-state index in [2.05, 4.69) is 66.0 Å². The van der Waals surface area contributed by atoms with E-state index in [1.54, 1.807) is 0 Å². The molecule has 2 aromatic rings. The van der Waals surface area contributed by atoms with Crippen LogP contribution in [0.1, 0.15) is 30.4 Å². The normalized spacial score (nSPS) is 21.6. The highest BCUT2D eigenvalue weighted by atomic mass is 16.3. The predicted molar refractivity (Wildman–Crippen MR) is 81.5 cm³/mol. The lowest BCUT2D eigenvalue weighted by atomic mass is 9.75. The van der Waals surface area contributed by atoms with Crippen molar-refractivity contribution < 1.29 is 5.11 Å². The second kappa shape index (κ2) is 5.78. The summed E-state index contributed by atoms with van der Waals surface area (Å²) in [5.74, 6) is 0. The van der Waals surface area contributed by atoms with E-state index >= 15 is 0 Å². The number of piperidine rings is 1. The number of benzene rings is 2. The standard InChI is InChI=1S/C18H21NO/c20-14-17-12-7-13-18(19-17,15-8-3-1-4-9-15)16-10-5-2-6-11-16/h1-6,8-11,17,19-20H,7,12-14H2. The Morgan fingerprint density at radius 2 is 1.50 bits per heavy atom. The summed E-state index contributed by atoms with van der Waals surface area (Å²) in [5, 5.41) is 13.3. The van der Waals surface area contributed by atoms with E-state index in [0.717, 1.165) is 19.3 Å². The number of aliphatic hydroxyl groups is 1. The summed E-state index contributed by atoms with van der Waals surface area (Å²) in [4.78, 5) is 0. The van der Waals surface area contributed by atoms with Crippen molar-refractivity contribution >= 4 is 0 Å². The van der Waals surface area contributed by atoms with Gasteiger partial charge in [0, 0.05) is 6.04 Å². The summed E-state index contributed by atoms with van der Waals surface area (Å²) >= 11 is 0. The first-order chi connectivity index (χ1) is 9.85. The zero-order valence-electron chi connectivity index (χ0n) is 11.6. The fraction of sp³-hybridized carbons (Fsp3) is 0.333. The van der Waals surface area contributed by atoms with E-state index in [-0.39, 0.29) is 18.2 Å². The molecule has 2 nitrogen and oxygen atoms in total. The largest absolute Gasteiger partial charge is 0.395 e. The van der Waals surface area contributed by atoms with Crippen LogP contribution in [0.3, 0.4) is 0 Å². The van der Waals surface area contributed by atoms with Crippen LogP contribution in [0.25, 0.3) is 0 Å². The van der Waals surface area contributed by atoms with Crippen molar-refractivity contribution in [3.8, 4) is 0 Å². The van der Waals surface area contributed by atoms with E-state index in [4.69, 9.17) is 0 Å². The van der Waals surface area contributed by atoms with E-state index in [0.29, 0.717) is 0 Å². The van der Waals surface area contributed by atoms with Crippen molar-refractivity contribution in [2.24, 2.45) is 0 Å². The Labute approximate surface area is 120 Å². The highest BCUT2D eigenvalue weighted by molar-refractivity contribution is 5.39. The summed E-state index contributed by atoms with van der Waals surface area (Å²) in [5.41, 5.74) is 2.39. The molecule has 0 radical (unpaired) electrons. The molecule has 1 saturated heterocycles. The van der Waals surface area contributed by atoms with Crippen LogP contribution in [-0.2, 0) is 5.54 Å². The van der Waals surface area contributed by atoms with Crippen molar-refractivity contribution in [2.45, 2.75) is 30.8 Å². The smallest absolute Gasteiger partial charge is 0.0693 e. The van der Waals surface area contributed by atoms with Gasteiger partial charge < -0.3 is 5.11 Å². The third kappa shape index (κ3) is 2.37. The Bertz CT molecular complexity index is 498. The highest BCUT2D eigenvalue weighted by Crippen LogP contribution is 2.38. The molecule has 3 rings (SSSR count). The minimum absolute atomic E-state index is 0.171. The Hall–Kier alpha value is -1.64. The van der Waals surface area contributed by atoms with Gasteiger partial charge in [-0.05, 0) is 30.4 Å². The van der Waals surface area contributed by atoms with E-state index in [1.807, 2.05) is 0 Å². The molecule has 1 aliphatic heterocycles. The number of nitrogens with one attached hydrogen (secondary N) is 1.